The molecule has 0 radical (unpaired) electrons. The highest BCUT2D eigenvalue weighted by Gasteiger charge is 2.28. The molecule has 2 rings (SSSR count). The fourth-order valence-electron chi connectivity index (χ4n) is 2.04. The van der Waals surface area contributed by atoms with Gasteiger partial charge in [0.2, 0.25) is 0 Å². The number of rotatable bonds is 1. The van der Waals surface area contributed by atoms with Gasteiger partial charge >= 0.3 is 6.09 Å². The van der Waals surface area contributed by atoms with Gasteiger partial charge in [-0.05, 0) is 32.8 Å². The lowest BCUT2D eigenvalue weighted by Gasteiger charge is -2.30. The van der Waals surface area contributed by atoms with Crippen LogP contribution in [0.25, 0.3) is 0 Å². The number of nitrogens with two attached hydrogens (primary N) is 1. The Hall–Kier alpha value is -1.56. The van der Waals surface area contributed by atoms with Crippen LogP contribution in [0.15, 0.2) is 5.38 Å². The molecule has 19 heavy (non-hydrogen) atoms. The molecular formula is C13H19N3O2S. The van der Waals surface area contributed by atoms with E-state index in [1.54, 1.807) is 16.2 Å². The van der Waals surface area contributed by atoms with Gasteiger partial charge in [0.05, 0.1) is 6.54 Å². The minimum absolute atomic E-state index is 0.100. The van der Waals surface area contributed by atoms with Gasteiger partial charge in [0.15, 0.2) is 0 Å². The van der Waals surface area contributed by atoms with E-state index in [4.69, 9.17) is 15.9 Å². The van der Waals surface area contributed by atoms with Gasteiger partial charge in [-0.3, -0.25) is 5.41 Å². The molecule has 0 unspecified atom stereocenters. The third kappa shape index (κ3) is 3.07. The standard InChI is InChI=1S/C13H19N3O2S/c1-13(2,3)18-12(17)16-5-4-8-9(11(14)15)7-19-10(8)6-16/h7H,4-6H2,1-3H3,(H3,14,15). The fourth-order valence-corrected chi connectivity index (χ4v) is 3.15. The van der Waals surface area contributed by atoms with E-state index in [9.17, 15) is 4.79 Å². The molecule has 1 aliphatic rings. The maximum absolute atomic E-state index is 12.0. The van der Waals surface area contributed by atoms with Crippen LogP contribution in [-0.2, 0) is 17.7 Å². The third-order valence-electron chi connectivity index (χ3n) is 2.89. The molecule has 104 valence electrons. The van der Waals surface area contributed by atoms with Gasteiger partial charge in [0, 0.05) is 22.4 Å². The molecule has 0 spiro atoms. The lowest BCUT2D eigenvalue weighted by molar-refractivity contribution is 0.0226. The number of carbonyl (C=O) groups is 1. The van der Waals surface area contributed by atoms with Crippen molar-refractivity contribution in [3.8, 4) is 0 Å². The van der Waals surface area contributed by atoms with Crippen molar-refractivity contribution < 1.29 is 9.53 Å². The summed E-state index contributed by atoms with van der Waals surface area (Å²) in [6.07, 6.45) is 0.448. The Bertz CT molecular complexity index is 516. The van der Waals surface area contributed by atoms with E-state index < -0.39 is 5.60 Å². The Labute approximate surface area is 116 Å². The number of amidine groups is 1. The summed E-state index contributed by atoms with van der Waals surface area (Å²) in [6, 6.07) is 0. The average molecular weight is 281 g/mol. The highest BCUT2D eigenvalue weighted by Crippen LogP contribution is 2.29. The van der Waals surface area contributed by atoms with Crippen molar-refractivity contribution in [3.63, 3.8) is 0 Å². The molecule has 6 heteroatoms. The van der Waals surface area contributed by atoms with E-state index in [2.05, 4.69) is 0 Å². The summed E-state index contributed by atoms with van der Waals surface area (Å²) in [7, 11) is 0. The van der Waals surface area contributed by atoms with Crippen LogP contribution in [0.2, 0.25) is 0 Å². The summed E-state index contributed by atoms with van der Waals surface area (Å²) in [5.74, 6) is 0.100. The number of hydrogen-bond acceptors (Lipinski definition) is 4. The van der Waals surface area contributed by atoms with Gasteiger partial charge in [-0.2, -0.15) is 0 Å². The molecule has 1 aromatic heterocycles. The van der Waals surface area contributed by atoms with E-state index in [0.29, 0.717) is 13.1 Å². The lowest BCUT2D eigenvalue weighted by Crippen LogP contribution is -2.39. The Morgan fingerprint density at radius 1 is 1.53 bits per heavy atom. The molecule has 1 aromatic rings. The van der Waals surface area contributed by atoms with E-state index >= 15 is 0 Å². The number of nitrogens with one attached hydrogen (secondary N) is 1. The largest absolute Gasteiger partial charge is 0.444 e. The molecular weight excluding hydrogens is 262 g/mol. The van der Waals surface area contributed by atoms with Crippen molar-refractivity contribution in [2.24, 2.45) is 5.73 Å². The van der Waals surface area contributed by atoms with Crippen molar-refractivity contribution in [2.45, 2.75) is 39.3 Å². The van der Waals surface area contributed by atoms with E-state index in [0.717, 1.165) is 22.4 Å². The summed E-state index contributed by atoms with van der Waals surface area (Å²) in [4.78, 5) is 14.8. The summed E-state index contributed by atoms with van der Waals surface area (Å²) in [6.45, 7) is 6.74. The Kier molecular flexibility index (Phi) is 3.54. The molecule has 0 fully saturated rings. The highest BCUT2D eigenvalue weighted by atomic mass is 32.1. The predicted octanol–water partition coefficient (Wildman–Crippen LogP) is 2.33. The van der Waals surface area contributed by atoms with Crippen LogP contribution in [0.1, 0.15) is 36.8 Å². The van der Waals surface area contributed by atoms with Crippen LogP contribution >= 0.6 is 11.3 Å². The Balaban J connectivity index is 2.11. The first kappa shape index (κ1) is 13.9. The SMILES string of the molecule is CC(C)(C)OC(=O)N1CCc2c(C(=N)N)csc2C1. The van der Waals surface area contributed by atoms with Gasteiger partial charge in [0.1, 0.15) is 11.4 Å². The fraction of sp³-hybridized carbons (Fsp3) is 0.538. The van der Waals surface area contributed by atoms with E-state index in [1.165, 1.54) is 0 Å². The first-order valence-corrected chi connectivity index (χ1v) is 7.07. The van der Waals surface area contributed by atoms with Crippen LogP contribution in [-0.4, -0.2) is 29.0 Å². The number of thiophene rings is 1. The highest BCUT2D eigenvalue weighted by molar-refractivity contribution is 7.10. The van der Waals surface area contributed by atoms with Crippen molar-refractivity contribution in [3.05, 3.63) is 21.4 Å². The van der Waals surface area contributed by atoms with Crippen LogP contribution < -0.4 is 5.73 Å². The minimum Gasteiger partial charge on any atom is -0.444 e. The second-order valence-corrected chi connectivity index (χ2v) is 6.58. The average Bonchev–Trinajstić information content (AvgIpc) is 2.68. The lowest BCUT2D eigenvalue weighted by atomic mass is 10.0. The Morgan fingerprint density at radius 2 is 2.21 bits per heavy atom. The van der Waals surface area contributed by atoms with E-state index in [-0.39, 0.29) is 11.9 Å². The first-order valence-electron chi connectivity index (χ1n) is 6.19. The number of ether oxygens (including phenoxy) is 1. The van der Waals surface area contributed by atoms with Crippen LogP contribution in [0.4, 0.5) is 4.79 Å². The molecule has 1 aliphatic heterocycles. The predicted molar refractivity (Wildman–Crippen MR) is 75.7 cm³/mol. The molecule has 5 nitrogen and oxygen atoms in total. The van der Waals surface area contributed by atoms with Gasteiger partial charge in [-0.15, -0.1) is 11.3 Å². The molecule has 0 aromatic carbocycles. The zero-order chi connectivity index (χ0) is 14.2. The second-order valence-electron chi connectivity index (χ2n) is 5.62. The quantitative estimate of drug-likeness (QED) is 0.612. The Morgan fingerprint density at radius 3 is 2.79 bits per heavy atom. The van der Waals surface area contributed by atoms with Crippen molar-refractivity contribution in [1.82, 2.24) is 4.90 Å². The number of amides is 1. The molecule has 0 bridgehead atoms. The van der Waals surface area contributed by atoms with Crippen molar-refractivity contribution >= 4 is 23.3 Å². The number of hydrogen-bond donors (Lipinski definition) is 2. The van der Waals surface area contributed by atoms with Gasteiger partial charge in [-0.1, -0.05) is 0 Å². The number of carbonyl (C=O) groups excluding carboxylic acids is 1. The first-order chi connectivity index (χ1) is 8.78. The normalized spacial score (nSPS) is 15.0. The van der Waals surface area contributed by atoms with Gasteiger partial charge in [-0.25, -0.2) is 4.79 Å². The molecule has 3 N–H and O–H groups in total. The maximum Gasteiger partial charge on any atom is 0.410 e. The third-order valence-corrected chi connectivity index (χ3v) is 3.90. The molecule has 1 amide bonds. The monoisotopic (exact) mass is 281 g/mol. The molecule has 0 saturated carbocycles. The number of nitrogens with zero attached hydrogens (tertiary/aromatic N) is 1. The van der Waals surface area contributed by atoms with E-state index in [1.807, 2.05) is 26.2 Å². The zero-order valence-electron chi connectivity index (χ0n) is 11.4. The summed E-state index contributed by atoms with van der Waals surface area (Å²) >= 11 is 1.55. The van der Waals surface area contributed by atoms with Crippen LogP contribution in [0, 0.1) is 5.41 Å². The van der Waals surface area contributed by atoms with Gasteiger partial charge < -0.3 is 15.4 Å². The number of fused-ring (bicyclic) bond motifs is 1. The van der Waals surface area contributed by atoms with Crippen molar-refractivity contribution in [2.75, 3.05) is 6.54 Å². The minimum atomic E-state index is -0.475. The summed E-state index contributed by atoms with van der Waals surface area (Å²) < 4.78 is 5.37. The molecule has 0 atom stereocenters. The smallest absolute Gasteiger partial charge is 0.410 e. The maximum atomic E-state index is 12.0. The number of nitrogen functional groups attached to an aromatic ring is 1. The van der Waals surface area contributed by atoms with Gasteiger partial charge in [0.25, 0.3) is 0 Å². The molecule has 2 heterocycles. The van der Waals surface area contributed by atoms with Crippen molar-refractivity contribution in [1.29, 1.82) is 5.41 Å². The van der Waals surface area contributed by atoms with Crippen LogP contribution in [0.3, 0.4) is 0 Å². The summed E-state index contributed by atoms with van der Waals surface area (Å²) in [5, 5.41) is 9.42. The molecule has 0 saturated heterocycles. The molecule has 0 aliphatic carbocycles. The second kappa shape index (κ2) is 4.85. The topological polar surface area (TPSA) is 79.4 Å². The summed E-state index contributed by atoms with van der Waals surface area (Å²) in [5.41, 5.74) is 6.99. The zero-order valence-corrected chi connectivity index (χ0v) is 12.3. The van der Waals surface area contributed by atoms with Crippen LogP contribution in [0.5, 0.6) is 0 Å².